The van der Waals surface area contributed by atoms with Gasteiger partial charge < -0.3 is 18.9 Å². The first-order valence-corrected chi connectivity index (χ1v) is 12.7. The van der Waals surface area contributed by atoms with Gasteiger partial charge in [-0.25, -0.2) is 13.4 Å². The van der Waals surface area contributed by atoms with Crippen LogP contribution in [0.5, 0.6) is 5.88 Å². The maximum absolute atomic E-state index is 13.4. The maximum atomic E-state index is 13.4. The lowest BCUT2D eigenvalue weighted by molar-refractivity contribution is 0.0406. The lowest BCUT2D eigenvalue weighted by Gasteiger charge is -2.24. The van der Waals surface area contributed by atoms with Crippen molar-refractivity contribution in [2.75, 3.05) is 39.3 Å². The minimum absolute atomic E-state index is 0.0880. The lowest BCUT2D eigenvalue weighted by atomic mass is 10.1. The molecule has 0 aromatic carbocycles. The molecule has 2 unspecified atom stereocenters. The van der Waals surface area contributed by atoms with Crippen LogP contribution >= 0.6 is 0 Å². The molecule has 1 aliphatic rings. The number of hydrogen-bond acceptors (Lipinski definition) is 10. The lowest BCUT2D eigenvalue weighted by Crippen LogP contribution is -2.32. The molecule has 190 valence electrons. The fourth-order valence-electron chi connectivity index (χ4n) is 3.92. The van der Waals surface area contributed by atoms with Crippen LogP contribution in [0.25, 0.3) is 0 Å². The highest BCUT2D eigenvalue weighted by atomic mass is 32.2. The highest BCUT2D eigenvalue weighted by Crippen LogP contribution is 2.35. The van der Waals surface area contributed by atoms with Gasteiger partial charge in [0.25, 0.3) is 0 Å². The van der Waals surface area contributed by atoms with E-state index in [9.17, 15) is 8.42 Å². The summed E-state index contributed by atoms with van der Waals surface area (Å²) >= 11 is 0. The number of rotatable bonds is 12. The minimum Gasteiger partial charge on any atom is -0.480 e. The number of anilines is 1. The van der Waals surface area contributed by atoms with Gasteiger partial charge in [-0.2, -0.15) is 0 Å². The molecule has 0 amide bonds. The fraction of sp³-hybridized carbons (Fsp3) is 0.714. The minimum atomic E-state index is -3.88. The molecule has 4 atom stereocenters. The van der Waals surface area contributed by atoms with E-state index < -0.39 is 21.2 Å². The van der Waals surface area contributed by atoms with Crippen molar-refractivity contribution in [1.82, 2.24) is 24.7 Å². The van der Waals surface area contributed by atoms with Gasteiger partial charge in [-0.1, -0.05) is 6.92 Å². The molecule has 1 fully saturated rings. The van der Waals surface area contributed by atoms with Gasteiger partial charge in [0.1, 0.15) is 6.10 Å². The third-order valence-corrected chi connectivity index (χ3v) is 7.93. The van der Waals surface area contributed by atoms with Crippen LogP contribution in [0.2, 0.25) is 0 Å². The molecule has 2 aromatic heterocycles. The Morgan fingerprint density at radius 3 is 2.35 bits per heavy atom. The van der Waals surface area contributed by atoms with E-state index in [1.54, 1.807) is 32.6 Å². The van der Waals surface area contributed by atoms with E-state index in [0.717, 1.165) is 12.8 Å². The summed E-state index contributed by atoms with van der Waals surface area (Å²) in [7, 11) is 0.762. The van der Waals surface area contributed by atoms with Gasteiger partial charge in [-0.05, 0) is 26.7 Å². The van der Waals surface area contributed by atoms with Crippen LogP contribution in [-0.2, 0) is 24.2 Å². The third-order valence-electron chi connectivity index (χ3n) is 6.08. The monoisotopic (exact) mass is 498 g/mol. The Bertz CT molecular complexity index is 1020. The summed E-state index contributed by atoms with van der Waals surface area (Å²) in [5.41, 5.74) is 0.533. The van der Waals surface area contributed by atoms with Gasteiger partial charge >= 0.3 is 0 Å². The van der Waals surface area contributed by atoms with Gasteiger partial charge in [-0.3, -0.25) is 14.3 Å². The Kier molecular flexibility index (Phi) is 8.79. The Hall–Kier alpha value is -2.35. The average molecular weight is 499 g/mol. The van der Waals surface area contributed by atoms with E-state index in [1.807, 2.05) is 6.92 Å². The van der Waals surface area contributed by atoms with Crippen molar-refractivity contribution in [3.05, 3.63) is 23.9 Å². The molecule has 0 aliphatic carbocycles. The number of ether oxygens (including phenoxy) is 4. The molecule has 0 bridgehead atoms. The molecule has 2 aromatic rings. The number of hydrogen-bond donors (Lipinski definition) is 1. The molecule has 0 spiro atoms. The predicted octanol–water partition coefficient (Wildman–Crippen LogP) is 2.08. The number of nitrogens with one attached hydrogen (secondary N) is 1. The first-order valence-electron chi connectivity index (χ1n) is 11.2. The molecular weight excluding hydrogens is 464 g/mol. The van der Waals surface area contributed by atoms with Crippen molar-refractivity contribution in [2.24, 2.45) is 0 Å². The highest BCUT2D eigenvalue weighted by molar-refractivity contribution is 7.93. The Morgan fingerprint density at radius 2 is 1.82 bits per heavy atom. The van der Waals surface area contributed by atoms with Gasteiger partial charge in [0, 0.05) is 20.1 Å². The van der Waals surface area contributed by atoms with Gasteiger partial charge in [0.15, 0.2) is 5.82 Å². The molecule has 1 N–H and O–H groups in total. The average Bonchev–Trinajstić information content (AvgIpc) is 3.43. The van der Waals surface area contributed by atoms with Crippen molar-refractivity contribution < 1.29 is 27.4 Å². The Morgan fingerprint density at radius 1 is 1.12 bits per heavy atom. The van der Waals surface area contributed by atoms with Gasteiger partial charge in [0.2, 0.25) is 21.9 Å². The molecule has 1 saturated heterocycles. The van der Waals surface area contributed by atoms with E-state index in [0.29, 0.717) is 17.4 Å². The third kappa shape index (κ3) is 5.82. The van der Waals surface area contributed by atoms with Crippen molar-refractivity contribution in [1.29, 1.82) is 0 Å². The van der Waals surface area contributed by atoms with Gasteiger partial charge in [-0.15, -0.1) is 10.2 Å². The van der Waals surface area contributed by atoms with Crippen molar-refractivity contribution in [3.8, 4) is 5.88 Å². The predicted molar refractivity (Wildman–Crippen MR) is 124 cm³/mol. The summed E-state index contributed by atoms with van der Waals surface area (Å²) in [6, 6.07) is -0.350. The van der Waals surface area contributed by atoms with E-state index in [1.165, 1.54) is 19.5 Å². The quantitative estimate of drug-likeness (QED) is 0.462. The summed E-state index contributed by atoms with van der Waals surface area (Å²) in [6.07, 6.45) is 4.43. The summed E-state index contributed by atoms with van der Waals surface area (Å²) in [5.74, 6) is 0.551. The van der Waals surface area contributed by atoms with E-state index >= 15 is 0 Å². The van der Waals surface area contributed by atoms with Gasteiger partial charge in [0.05, 0.1) is 55.8 Å². The molecule has 12 nitrogen and oxygen atoms in total. The second kappa shape index (κ2) is 11.4. The number of sulfonamides is 1. The second-order valence-electron chi connectivity index (χ2n) is 8.45. The first kappa shape index (κ1) is 26.3. The van der Waals surface area contributed by atoms with Crippen LogP contribution in [0.4, 0.5) is 5.95 Å². The molecular formula is C21H34N6O6S. The smallest absolute Gasteiger partial charge is 0.238 e. The van der Waals surface area contributed by atoms with Crippen molar-refractivity contribution in [2.45, 2.75) is 63.0 Å². The molecule has 3 heterocycles. The van der Waals surface area contributed by atoms with E-state index in [2.05, 4.69) is 24.9 Å². The number of aromatic nitrogens is 5. The summed E-state index contributed by atoms with van der Waals surface area (Å²) in [5, 5.41) is 7.64. The second-order valence-corrected chi connectivity index (χ2v) is 10.5. The zero-order valence-electron chi connectivity index (χ0n) is 20.5. The first-order chi connectivity index (χ1) is 16.2. The van der Waals surface area contributed by atoms with Crippen molar-refractivity contribution in [3.63, 3.8) is 0 Å². The zero-order chi connectivity index (χ0) is 24.9. The highest BCUT2D eigenvalue weighted by Gasteiger charge is 2.35. The van der Waals surface area contributed by atoms with Crippen LogP contribution in [0.1, 0.15) is 63.2 Å². The maximum Gasteiger partial charge on any atom is 0.238 e. The SMILES string of the molecule is COCC(COC)n1c(NS(=O)(=O)C(C)C(C)c2cnc(OC)cn2)nnc1[C@H]1CC[C@@H](C)O1. The number of nitrogens with zero attached hydrogens (tertiary/aromatic N) is 5. The molecule has 0 saturated carbocycles. The Balaban J connectivity index is 1.90. The zero-order valence-corrected chi connectivity index (χ0v) is 21.3. The normalized spacial score (nSPS) is 20.4. The number of methoxy groups -OCH3 is 3. The molecule has 0 radical (unpaired) electrons. The fourth-order valence-corrected chi connectivity index (χ4v) is 5.18. The summed E-state index contributed by atoms with van der Waals surface area (Å²) < 4.78 is 52.8. The van der Waals surface area contributed by atoms with Crippen LogP contribution in [0, 0.1) is 0 Å². The molecule has 34 heavy (non-hydrogen) atoms. The molecule has 1 aliphatic heterocycles. The van der Waals surface area contributed by atoms with E-state index in [-0.39, 0.29) is 37.4 Å². The van der Waals surface area contributed by atoms with Crippen LogP contribution in [0.15, 0.2) is 12.4 Å². The molecule has 13 heteroatoms. The van der Waals surface area contributed by atoms with Crippen LogP contribution in [0.3, 0.4) is 0 Å². The summed E-state index contributed by atoms with van der Waals surface area (Å²) in [4.78, 5) is 8.42. The Labute approximate surface area is 200 Å². The topological polar surface area (TPSA) is 140 Å². The standard InChI is InChI=1S/C21H34N6O6S/c1-13-7-8-18(33-13)20-24-25-21(27(20)16(11-30-4)12-31-5)26-34(28,29)15(3)14(2)17-9-23-19(32-6)10-22-17/h9-10,13-16,18H,7-8,11-12H2,1-6H3,(H,25,26)/t13-,14?,15?,18-/m1/s1. The van der Waals surface area contributed by atoms with Crippen molar-refractivity contribution >= 4 is 16.0 Å². The molecule has 3 rings (SSSR count). The summed E-state index contributed by atoms with van der Waals surface area (Å²) in [6.45, 7) is 5.96. The van der Waals surface area contributed by atoms with E-state index in [4.69, 9.17) is 18.9 Å². The van der Waals surface area contributed by atoms with Crippen LogP contribution < -0.4 is 9.46 Å². The largest absolute Gasteiger partial charge is 0.480 e. The van der Waals surface area contributed by atoms with Crippen LogP contribution in [-0.4, -0.2) is 79.0 Å².